The van der Waals surface area contributed by atoms with Crippen LogP contribution < -0.4 is 5.32 Å². The first-order valence-corrected chi connectivity index (χ1v) is 5.46. The fourth-order valence-electron chi connectivity index (χ4n) is 1.39. The molecule has 0 aliphatic rings. The number of carbonyl (C=O) groups is 2. The third kappa shape index (κ3) is 3.97. The van der Waals surface area contributed by atoms with Crippen LogP contribution in [0.2, 0.25) is 0 Å². The van der Waals surface area contributed by atoms with Crippen molar-refractivity contribution in [1.29, 1.82) is 0 Å². The van der Waals surface area contributed by atoms with Crippen molar-refractivity contribution >= 4 is 11.9 Å². The van der Waals surface area contributed by atoms with Crippen LogP contribution in [0.15, 0.2) is 24.3 Å². The summed E-state index contributed by atoms with van der Waals surface area (Å²) in [5.41, 5.74) is -0.887. The quantitative estimate of drug-likeness (QED) is 0.886. The summed E-state index contributed by atoms with van der Waals surface area (Å²) in [5.74, 6) is -1.91. The third-order valence-electron chi connectivity index (χ3n) is 2.49. The summed E-state index contributed by atoms with van der Waals surface area (Å²) >= 11 is 0. The SMILES string of the molecule is CC[C@H](NC(=O)c1ccc(C(F)(F)F)cc1)C(=O)O. The third-order valence-corrected chi connectivity index (χ3v) is 2.49. The smallest absolute Gasteiger partial charge is 0.416 e. The molecule has 0 bridgehead atoms. The van der Waals surface area contributed by atoms with Gasteiger partial charge in [-0.15, -0.1) is 0 Å². The number of hydrogen-bond donors (Lipinski definition) is 2. The highest BCUT2D eigenvalue weighted by Gasteiger charge is 2.30. The fraction of sp³-hybridized carbons (Fsp3) is 0.333. The number of carboxylic acids is 1. The predicted molar refractivity (Wildman–Crippen MR) is 60.6 cm³/mol. The summed E-state index contributed by atoms with van der Waals surface area (Å²) in [5, 5.41) is 11.0. The first-order chi connectivity index (χ1) is 8.75. The predicted octanol–water partition coefficient (Wildman–Crippen LogP) is 2.30. The van der Waals surface area contributed by atoms with Crippen molar-refractivity contribution in [3.8, 4) is 0 Å². The molecule has 19 heavy (non-hydrogen) atoms. The van der Waals surface area contributed by atoms with Gasteiger partial charge >= 0.3 is 12.1 Å². The van der Waals surface area contributed by atoms with E-state index >= 15 is 0 Å². The van der Waals surface area contributed by atoms with E-state index in [1.165, 1.54) is 0 Å². The summed E-state index contributed by atoms with van der Waals surface area (Å²) < 4.78 is 36.9. The lowest BCUT2D eigenvalue weighted by atomic mass is 10.1. The average Bonchev–Trinajstić information content (AvgIpc) is 2.34. The van der Waals surface area contributed by atoms with Crippen LogP contribution in [-0.2, 0) is 11.0 Å². The van der Waals surface area contributed by atoms with Gasteiger partial charge in [-0.05, 0) is 30.7 Å². The number of carboxylic acid groups (broad SMARTS) is 1. The van der Waals surface area contributed by atoms with Crippen molar-refractivity contribution in [1.82, 2.24) is 5.32 Å². The topological polar surface area (TPSA) is 66.4 Å². The molecule has 0 unspecified atom stereocenters. The number of hydrogen-bond acceptors (Lipinski definition) is 2. The molecule has 0 saturated carbocycles. The standard InChI is InChI=1S/C12H12F3NO3/c1-2-9(11(18)19)16-10(17)7-3-5-8(6-4-7)12(13,14)15/h3-6,9H,2H2,1H3,(H,16,17)(H,18,19)/t9-/m0/s1. The summed E-state index contributed by atoms with van der Waals surface area (Å²) in [6.45, 7) is 1.58. The molecule has 0 heterocycles. The molecule has 1 rings (SSSR count). The van der Waals surface area contributed by atoms with Gasteiger partial charge in [-0.25, -0.2) is 4.79 Å². The molecule has 0 spiro atoms. The lowest BCUT2D eigenvalue weighted by Crippen LogP contribution is -2.40. The van der Waals surface area contributed by atoms with Crippen LogP contribution in [0.3, 0.4) is 0 Å². The van der Waals surface area contributed by atoms with Crippen molar-refractivity contribution in [2.24, 2.45) is 0 Å². The highest BCUT2D eigenvalue weighted by molar-refractivity contribution is 5.96. The highest BCUT2D eigenvalue weighted by Crippen LogP contribution is 2.29. The van der Waals surface area contributed by atoms with Crippen molar-refractivity contribution in [2.45, 2.75) is 25.6 Å². The summed E-state index contributed by atoms with van der Waals surface area (Å²) in [6.07, 6.45) is -4.29. The molecule has 104 valence electrons. The van der Waals surface area contributed by atoms with E-state index < -0.39 is 29.7 Å². The van der Waals surface area contributed by atoms with Gasteiger partial charge in [0.25, 0.3) is 5.91 Å². The Morgan fingerprint density at radius 2 is 1.79 bits per heavy atom. The maximum absolute atomic E-state index is 12.3. The Hall–Kier alpha value is -2.05. The molecule has 1 aromatic rings. The van der Waals surface area contributed by atoms with E-state index in [1.807, 2.05) is 0 Å². The van der Waals surface area contributed by atoms with E-state index in [0.717, 1.165) is 24.3 Å². The zero-order valence-electron chi connectivity index (χ0n) is 9.99. The number of nitrogens with one attached hydrogen (secondary N) is 1. The molecule has 0 aliphatic heterocycles. The molecule has 0 saturated heterocycles. The molecule has 7 heteroatoms. The molecular weight excluding hydrogens is 263 g/mol. The van der Waals surface area contributed by atoms with E-state index in [4.69, 9.17) is 5.11 Å². The Morgan fingerprint density at radius 1 is 1.26 bits per heavy atom. The van der Waals surface area contributed by atoms with Crippen LogP contribution >= 0.6 is 0 Å². The van der Waals surface area contributed by atoms with Crippen LogP contribution in [0, 0.1) is 0 Å². The van der Waals surface area contributed by atoms with Crippen LogP contribution in [0.25, 0.3) is 0 Å². The van der Waals surface area contributed by atoms with Gasteiger partial charge in [0.05, 0.1) is 5.56 Å². The van der Waals surface area contributed by atoms with Crippen LogP contribution in [0.4, 0.5) is 13.2 Å². The lowest BCUT2D eigenvalue weighted by Gasteiger charge is -2.12. The minimum atomic E-state index is -4.47. The average molecular weight is 275 g/mol. The first-order valence-electron chi connectivity index (χ1n) is 5.46. The Bertz CT molecular complexity index is 468. The number of aliphatic carboxylic acids is 1. The van der Waals surface area contributed by atoms with Crippen LogP contribution in [0.1, 0.15) is 29.3 Å². The highest BCUT2D eigenvalue weighted by atomic mass is 19.4. The van der Waals surface area contributed by atoms with E-state index in [0.29, 0.717) is 0 Å². The van der Waals surface area contributed by atoms with E-state index in [1.54, 1.807) is 6.92 Å². The molecular formula is C12H12F3NO3. The van der Waals surface area contributed by atoms with Gasteiger partial charge in [0.2, 0.25) is 0 Å². The Kier molecular flexibility index (Phi) is 4.52. The van der Waals surface area contributed by atoms with Gasteiger partial charge in [0.1, 0.15) is 6.04 Å². The molecule has 0 fully saturated rings. The van der Waals surface area contributed by atoms with Gasteiger partial charge < -0.3 is 10.4 Å². The van der Waals surface area contributed by atoms with Crippen molar-refractivity contribution < 1.29 is 27.9 Å². The maximum Gasteiger partial charge on any atom is 0.416 e. The number of benzene rings is 1. The van der Waals surface area contributed by atoms with E-state index in [-0.39, 0.29) is 12.0 Å². The van der Waals surface area contributed by atoms with Gasteiger partial charge in [0.15, 0.2) is 0 Å². The largest absolute Gasteiger partial charge is 0.480 e. The number of alkyl halides is 3. The lowest BCUT2D eigenvalue weighted by molar-refractivity contribution is -0.139. The molecule has 1 atom stereocenters. The van der Waals surface area contributed by atoms with Gasteiger partial charge in [0, 0.05) is 5.56 Å². The van der Waals surface area contributed by atoms with E-state index in [2.05, 4.69) is 5.32 Å². The number of halogens is 3. The molecule has 0 radical (unpaired) electrons. The maximum atomic E-state index is 12.3. The second kappa shape index (κ2) is 5.73. The Balaban J connectivity index is 2.81. The van der Waals surface area contributed by atoms with Crippen molar-refractivity contribution in [2.75, 3.05) is 0 Å². The van der Waals surface area contributed by atoms with Crippen molar-refractivity contribution in [3.63, 3.8) is 0 Å². The second-order valence-electron chi connectivity index (χ2n) is 3.85. The second-order valence-corrected chi connectivity index (χ2v) is 3.85. The Labute approximate surface area is 107 Å². The molecule has 0 aliphatic carbocycles. The Morgan fingerprint density at radius 3 is 2.16 bits per heavy atom. The zero-order valence-corrected chi connectivity index (χ0v) is 9.99. The molecule has 4 nitrogen and oxygen atoms in total. The number of carbonyl (C=O) groups excluding carboxylic acids is 1. The van der Waals surface area contributed by atoms with Crippen LogP contribution in [-0.4, -0.2) is 23.0 Å². The fourth-order valence-corrected chi connectivity index (χ4v) is 1.39. The van der Waals surface area contributed by atoms with Gasteiger partial charge in [-0.2, -0.15) is 13.2 Å². The van der Waals surface area contributed by atoms with Gasteiger partial charge in [-0.1, -0.05) is 6.92 Å². The monoisotopic (exact) mass is 275 g/mol. The van der Waals surface area contributed by atoms with Gasteiger partial charge in [-0.3, -0.25) is 4.79 Å². The van der Waals surface area contributed by atoms with E-state index in [9.17, 15) is 22.8 Å². The minimum absolute atomic E-state index is 0.0206. The normalized spacial score (nSPS) is 12.8. The molecule has 1 aromatic carbocycles. The molecule has 2 N–H and O–H groups in total. The minimum Gasteiger partial charge on any atom is -0.480 e. The molecule has 0 aromatic heterocycles. The number of amides is 1. The summed E-state index contributed by atoms with van der Waals surface area (Å²) in [4.78, 5) is 22.3. The summed E-state index contributed by atoms with van der Waals surface area (Å²) in [6, 6.07) is 2.50. The summed E-state index contributed by atoms with van der Waals surface area (Å²) in [7, 11) is 0. The molecule has 1 amide bonds. The van der Waals surface area contributed by atoms with Crippen molar-refractivity contribution in [3.05, 3.63) is 35.4 Å². The first kappa shape index (κ1) is 15.0. The number of rotatable bonds is 4. The zero-order chi connectivity index (χ0) is 14.6. The van der Waals surface area contributed by atoms with Crippen LogP contribution in [0.5, 0.6) is 0 Å².